The average Bonchev–Trinajstić information content (AvgIpc) is 3.00. The third-order valence-electron chi connectivity index (χ3n) is 4.37. The Bertz CT molecular complexity index is 1130. The second kappa shape index (κ2) is 9.08. The first-order chi connectivity index (χ1) is 14.5. The van der Waals surface area contributed by atoms with Crippen LogP contribution in [-0.4, -0.2) is 16.0 Å². The Labute approximate surface area is 186 Å². The van der Waals surface area contributed by atoms with Crippen LogP contribution in [0, 0.1) is 5.82 Å². The molecule has 0 radical (unpaired) electrons. The van der Waals surface area contributed by atoms with Gasteiger partial charge in [0.05, 0.1) is 11.4 Å². The molecular formula is C23H15ClFNO2S2. The monoisotopic (exact) mass is 455 g/mol. The quantitative estimate of drug-likeness (QED) is 0.393. The van der Waals surface area contributed by atoms with E-state index in [9.17, 15) is 14.0 Å². The summed E-state index contributed by atoms with van der Waals surface area (Å²) in [4.78, 5) is 28.7. The lowest BCUT2D eigenvalue weighted by Gasteiger charge is -2.12. The molecule has 7 heteroatoms. The highest BCUT2D eigenvalue weighted by atomic mass is 35.5. The fourth-order valence-corrected chi connectivity index (χ4v) is 4.74. The SMILES string of the molecule is O=C1S/C(=C\c2ccccc2Sc2ccc(Cl)cc2)C(=O)N1Cc1ccc(F)cc1. The molecular weight excluding hydrogens is 441 g/mol. The van der Waals surface area contributed by atoms with E-state index in [2.05, 4.69) is 0 Å². The number of carbonyl (C=O) groups excluding carboxylic acids is 2. The molecule has 1 heterocycles. The molecule has 0 spiro atoms. The van der Waals surface area contributed by atoms with Gasteiger partial charge in [0.1, 0.15) is 5.82 Å². The molecule has 1 aliphatic rings. The van der Waals surface area contributed by atoms with Gasteiger partial charge in [-0.25, -0.2) is 4.39 Å². The molecule has 0 aromatic heterocycles. The largest absolute Gasteiger partial charge is 0.293 e. The maximum atomic E-state index is 13.1. The van der Waals surface area contributed by atoms with Gasteiger partial charge in [-0.3, -0.25) is 14.5 Å². The molecule has 0 aliphatic carbocycles. The lowest BCUT2D eigenvalue weighted by atomic mass is 10.2. The zero-order valence-electron chi connectivity index (χ0n) is 15.5. The van der Waals surface area contributed by atoms with Crippen molar-refractivity contribution in [2.24, 2.45) is 0 Å². The van der Waals surface area contributed by atoms with Gasteiger partial charge in [-0.05, 0) is 71.4 Å². The van der Waals surface area contributed by atoms with Crippen LogP contribution >= 0.6 is 35.1 Å². The number of imide groups is 1. The first-order valence-electron chi connectivity index (χ1n) is 9.02. The third-order valence-corrected chi connectivity index (χ3v) is 6.63. The standard InChI is InChI=1S/C23H15ClFNO2S2/c24-17-7-11-19(12-8-17)29-20-4-2-1-3-16(20)13-21-22(27)26(23(28)30-21)14-15-5-9-18(25)10-6-15/h1-13H,14H2/b21-13-. The minimum absolute atomic E-state index is 0.115. The van der Waals surface area contributed by atoms with Crippen LogP contribution < -0.4 is 0 Å². The van der Waals surface area contributed by atoms with Crippen molar-refractivity contribution in [3.05, 3.63) is 99.7 Å². The number of carbonyl (C=O) groups is 2. The molecule has 0 unspecified atom stereocenters. The fourth-order valence-electron chi connectivity index (χ4n) is 2.87. The summed E-state index contributed by atoms with van der Waals surface area (Å²) in [6.07, 6.45) is 1.74. The number of rotatable bonds is 5. The van der Waals surface area contributed by atoms with Crippen molar-refractivity contribution in [2.75, 3.05) is 0 Å². The zero-order valence-corrected chi connectivity index (χ0v) is 17.9. The van der Waals surface area contributed by atoms with E-state index in [4.69, 9.17) is 11.6 Å². The van der Waals surface area contributed by atoms with E-state index in [1.807, 2.05) is 48.5 Å². The van der Waals surface area contributed by atoms with E-state index >= 15 is 0 Å². The van der Waals surface area contributed by atoms with Gasteiger partial charge < -0.3 is 0 Å². The molecule has 30 heavy (non-hydrogen) atoms. The van der Waals surface area contributed by atoms with Gasteiger partial charge in [-0.2, -0.15) is 0 Å². The molecule has 3 aromatic rings. The van der Waals surface area contributed by atoms with Crippen LogP contribution in [0.4, 0.5) is 9.18 Å². The topological polar surface area (TPSA) is 37.4 Å². The number of amides is 2. The van der Waals surface area contributed by atoms with E-state index in [1.165, 1.54) is 17.0 Å². The van der Waals surface area contributed by atoms with E-state index in [0.29, 0.717) is 15.5 Å². The van der Waals surface area contributed by atoms with Crippen molar-refractivity contribution in [3.8, 4) is 0 Å². The Morgan fingerprint density at radius 2 is 1.67 bits per heavy atom. The summed E-state index contributed by atoms with van der Waals surface area (Å²) in [6, 6.07) is 21.0. The smallest absolute Gasteiger partial charge is 0.268 e. The molecule has 150 valence electrons. The predicted molar refractivity (Wildman–Crippen MR) is 120 cm³/mol. The second-order valence-corrected chi connectivity index (χ2v) is 9.03. The Morgan fingerprint density at radius 1 is 0.967 bits per heavy atom. The van der Waals surface area contributed by atoms with Crippen molar-refractivity contribution in [1.82, 2.24) is 4.90 Å². The van der Waals surface area contributed by atoms with Gasteiger partial charge in [-0.15, -0.1) is 0 Å². The molecule has 4 rings (SSSR count). The number of halogens is 2. The van der Waals surface area contributed by atoms with Crippen molar-refractivity contribution in [2.45, 2.75) is 16.3 Å². The molecule has 0 N–H and O–H groups in total. The Hall–Kier alpha value is -2.54. The molecule has 1 fully saturated rings. The fraction of sp³-hybridized carbons (Fsp3) is 0.0435. The number of benzene rings is 3. The van der Waals surface area contributed by atoms with Crippen molar-refractivity contribution in [1.29, 1.82) is 0 Å². The van der Waals surface area contributed by atoms with Crippen molar-refractivity contribution < 1.29 is 14.0 Å². The summed E-state index contributed by atoms with van der Waals surface area (Å²) in [5.41, 5.74) is 1.54. The Morgan fingerprint density at radius 3 is 2.40 bits per heavy atom. The molecule has 1 saturated heterocycles. The Kier molecular flexibility index (Phi) is 6.27. The van der Waals surface area contributed by atoms with Gasteiger partial charge in [0.2, 0.25) is 0 Å². The number of nitrogens with zero attached hydrogens (tertiary/aromatic N) is 1. The summed E-state index contributed by atoms with van der Waals surface area (Å²) in [5.74, 6) is -0.705. The molecule has 3 aromatic carbocycles. The normalized spacial score (nSPS) is 15.3. The lowest BCUT2D eigenvalue weighted by molar-refractivity contribution is -0.123. The van der Waals surface area contributed by atoms with Crippen LogP contribution in [0.15, 0.2) is 87.5 Å². The van der Waals surface area contributed by atoms with Crippen LogP contribution in [-0.2, 0) is 11.3 Å². The maximum Gasteiger partial charge on any atom is 0.293 e. The van der Waals surface area contributed by atoms with E-state index in [0.717, 1.165) is 27.1 Å². The predicted octanol–water partition coefficient (Wildman–Crippen LogP) is 6.87. The summed E-state index contributed by atoms with van der Waals surface area (Å²) in [6.45, 7) is 0.115. The highest BCUT2D eigenvalue weighted by molar-refractivity contribution is 8.18. The summed E-state index contributed by atoms with van der Waals surface area (Å²) in [7, 11) is 0. The van der Waals surface area contributed by atoms with Gasteiger partial charge in [-0.1, -0.05) is 53.7 Å². The summed E-state index contributed by atoms with van der Waals surface area (Å²) >= 11 is 8.42. The number of thioether (sulfide) groups is 1. The first kappa shape index (κ1) is 20.7. The highest BCUT2D eigenvalue weighted by Gasteiger charge is 2.35. The second-order valence-electron chi connectivity index (χ2n) is 6.49. The minimum Gasteiger partial charge on any atom is -0.268 e. The van der Waals surface area contributed by atoms with Crippen molar-refractivity contribution in [3.63, 3.8) is 0 Å². The maximum absolute atomic E-state index is 13.1. The number of hydrogen-bond acceptors (Lipinski definition) is 4. The summed E-state index contributed by atoms with van der Waals surface area (Å²) < 4.78 is 13.1. The molecule has 2 amide bonds. The molecule has 3 nitrogen and oxygen atoms in total. The van der Waals surface area contributed by atoms with E-state index in [1.54, 1.807) is 30.0 Å². The van der Waals surface area contributed by atoms with Crippen LogP contribution in [0.2, 0.25) is 5.02 Å². The highest BCUT2D eigenvalue weighted by Crippen LogP contribution is 2.37. The first-order valence-corrected chi connectivity index (χ1v) is 11.0. The van der Waals surface area contributed by atoms with Gasteiger partial charge >= 0.3 is 0 Å². The van der Waals surface area contributed by atoms with Gasteiger partial charge in [0.25, 0.3) is 11.1 Å². The molecule has 1 aliphatic heterocycles. The minimum atomic E-state index is -0.359. The zero-order chi connectivity index (χ0) is 21.1. The van der Waals surface area contributed by atoms with E-state index in [-0.39, 0.29) is 23.5 Å². The molecule has 0 atom stereocenters. The summed E-state index contributed by atoms with van der Waals surface area (Å²) in [5, 5.41) is 0.334. The van der Waals surface area contributed by atoms with Crippen LogP contribution in [0.3, 0.4) is 0 Å². The lowest BCUT2D eigenvalue weighted by Crippen LogP contribution is -2.27. The van der Waals surface area contributed by atoms with Crippen LogP contribution in [0.5, 0.6) is 0 Å². The Balaban J connectivity index is 1.56. The third kappa shape index (κ3) is 4.78. The number of hydrogen-bond donors (Lipinski definition) is 0. The van der Waals surface area contributed by atoms with Gasteiger partial charge in [0, 0.05) is 14.8 Å². The van der Waals surface area contributed by atoms with Gasteiger partial charge in [0.15, 0.2) is 0 Å². The molecule has 0 saturated carbocycles. The average molecular weight is 456 g/mol. The van der Waals surface area contributed by atoms with Crippen LogP contribution in [0.25, 0.3) is 6.08 Å². The molecule has 0 bridgehead atoms. The van der Waals surface area contributed by atoms with E-state index < -0.39 is 0 Å². The van der Waals surface area contributed by atoms with Crippen LogP contribution in [0.1, 0.15) is 11.1 Å². The van der Waals surface area contributed by atoms with Crippen molar-refractivity contribution >= 4 is 52.3 Å².